The highest BCUT2D eigenvalue weighted by Crippen LogP contribution is 2.28. The molecule has 1 N–H and O–H groups in total. The summed E-state index contributed by atoms with van der Waals surface area (Å²) in [6.07, 6.45) is -0.302. The second kappa shape index (κ2) is 5.17. The Labute approximate surface area is 108 Å². The molecule has 1 heterocycles. The average molecular weight is 271 g/mol. The lowest BCUT2D eigenvalue weighted by Crippen LogP contribution is -2.00. The van der Waals surface area contributed by atoms with Gasteiger partial charge in [-0.05, 0) is 30.7 Å². The van der Waals surface area contributed by atoms with Crippen molar-refractivity contribution in [2.45, 2.75) is 19.4 Å². The van der Waals surface area contributed by atoms with Gasteiger partial charge in [-0.1, -0.05) is 23.7 Å². The maximum atomic E-state index is 13.2. The second-order valence-electron chi connectivity index (χ2n) is 3.88. The smallest absolute Gasteiger partial charge is 0.142 e. The zero-order chi connectivity index (χ0) is 12.4. The quantitative estimate of drug-likeness (QED) is 0.889. The summed E-state index contributed by atoms with van der Waals surface area (Å²) in [6.45, 7) is 1.98. The number of aliphatic hydroxyl groups excluding tert-OH is 1. The van der Waals surface area contributed by atoms with Crippen molar-refractivity contribution in [3.63, 3.8) is 0 Å². The molecular weight excluding hydrogens is 259 g/mol. The van der Waals surface area contributed by atoms with Gasteiger partial charge in [-0.15, -0.1) is 11.3 Å². The Morgan fingerprint density at radius 3 is 2.76 bits per heavy atom. The van der Waals surface area contributed by atoms with Gasteiger partial charge in [0.05, 0.1) is 11.1 Å². The summed E-state index contributed by atoms with van der Waals surface area (Å²) in [5.74, 6) is -0.446. The highest BCUT2D eigenvalue weighted by molar-refractivity contribution is 7.12. The fourth-order valence-corrected chi connectivity index (χ4v) is 2.71. The first-order valence-corrected chi connectivity index (χ1v) is 6.44. The average Bonchev–Trinajstić information content (AvgIpc) is 2.72. The Hall–Kier alpha value is -0.900. The van der Waals surface area contributed by atoms with E-state index in [0.717, 1.165) is 9.75 Å². The number of benzene rings is 1. The molecule has 1 unspecified atom stereocenters. The zero-order valence-corrected chi connectivity index (χ0v) is 10.9. The Morgan fingerprint density at radius 2 is 2.12 bits per heavy atom. The van der Waals surface area contributed by atoms with Crippen LogP contribution in [0.1, 0.15) is 21.4 Å². The van der Waals surface area contributed by atoms with E-state index in [-0.39, 0.29) is 5.02 Å². The van der Waals surface area contributed by atoms with Crippen LogP contribution in [0.15, 0.2) is 30.3 Å². The lowest BCUT2D eigenvalue weighted by atomic mass is 10.1. The molecule has 2 aromatic rings. The van der Waals surface area contributed by atoms with Crippen molar-refractivity contribution in [3.8, 4) is 0 Å². The van der Waals surface area contributed by atoms with Crippen LogP contribution in [0.5, 0.6) is 0 Å². The fourth-order valence-electron chi connectivity index (χ4n) is 1.65. The SMILES string of the molecule is Cc1ccc(C(O)Cc2cccc(F)c2Cl)s1. The van der Waals surface area contributed by atoms with E-state index in [1.807, 2.05) is 19.1 Å². The van der Waals surface area contributed by atoms with Crippen molar-refractivity contribution in [2.75, 3.05) is 0 Å². The number of hydrogen-bond donors (Lipinski definition) is 1. The number of rotatable bonds is 3. The van der Waals surface area contributed by atoms with E-state index in [4.69, 9.17) is 11.6 Å². The van der Waals surface area contributed by atoms with Crippen LogP contribution in [0.4, 0.5) is 4.39 Å². The van der Waals surface area contributed by atoms with E-state index in [9.17, 15) is 9.50 Å². The van der Waals surface area contributed by atoms with Gasteiger partial charge < -0.3 is 5.11 Å². The number of aryl methyl sites for hydroxylation is 1. The molecule has 0 saturated carbocycles. The Bertz CT molecular complexity index is 524. The van der Waals surface area contributed by atoms with Crippen LogP contribution < -0.4 is 0 Å². The summed E-state index contributed by atoms with van der Waals surface area (Å²) in [6, 6.07) is 8.49. The standard InChI is InChI=1S/C13H12ClFOS/c1-8-5-6-12(17-8)11(16)7-9-3-2-4-10(15)13(9)14/h2-6,11,16H,7H2,1H3. The largest absolute Gasteiger partial charge is 0.387 e. The van der Waals surface area contributed by atoms with Crippen molar-refractivity contribution in [1.82, 2.24) is 0 Å². The highest BCUT2D eigenvalue weighted by atomic mass is 35.5. The zero-order valence-electron chi connectivity index (χ0n) is 9.28. The topological polar surface area (TPSA) is 20.2 Å². The maximum Gasteiger partial charge on any atom is 0.142 e. The maximum absolute atomic E-state index is 13.2. The number of halogens is 2. The Morgan fingerprint density at radius 1 is 1.35 bits per heavy atom. The van der Waals surface area contributed by atoms with Crippen molar-refractivity contribution in [3.05, 3.63) is 56.5 Å². The summed E-state index contributed by atoms with van der Waals surface area (Å²) in [5, 5.41) is 10.1. The van der Waals surface area contributed by atoms with E-state index < -0.39 is 11.9 Å². The fraction of sp³-hybridized carbons (Fsp3) is 0.231. The Balaban J connectivity index is 2.18. The van der Waals surface area contributed by atoms with Crippen LogP contribution in [0.2, 0.25) is 5.02 Å². The first-order valence-electron chi connectivity index (χ1n) is 5.25. The molecule has 4 heteroatoms. The van der Waals surface area contributed by atoms with Crippen LogP contribution in [0.3, 0.4) is 0 Å². The third kappa shape index (κ3) is 2.86. The summed E-state index contributed by atoms with van der Waals surface area (Å²) in [5.41, 5.74) is 0.630. The van der Waals surface area contributed by atoms with Crippen molar-refractivity contribution in [2.24, 2.45) is 0 Å². The van der Waals surface area contributed by atoms with Gasteiger partial charge in [0.2, 0.25) is 0 Å². The molecule has 1 nitrogen and oxygen atoms in total. The van der Waals surface area contributed by atoms with Crippen molar-refractivity contribution in [1.29, 1.82) is 0 Å². The summed E-state index contributed by atoms with van der Waals surface area (Å²) >= 11 is 7.39. The highest BCUT2D eigenvalue weighted by Gasteiger charge is 2.14. The minimum atomic E-state index is -0.631. The molecule has 90 valence electrons. The molecular formula is C13H12ClFOS. The second-order valence-corrected chi connectivity index (χ2v) is 5.58. The van der Waals surface area contributed by atoms with Gasteiger partial charge in [0.1, 0.15) is 5.82 Å². The van der Waals surface area contributed by atoms with E-state index in [2.05, 4.69) is 0 Å². The molecule has 1 aromatic carbocycles. The third-order valence-electron chi connectivity index (χ3n) is 2.53. The summed E-state index contributed by atoms with van der Waals surface area (Å²) in [7, 11) is 0. The number of aliphatic hydroxyl groups is 1. The van der Waals surface area contributed by atoms with Gasteiger partial charge >= 0.3 is 0 Å². The molecule has 0 fully saturated rings. The number of hydrogen-bond acceptors (Lipinski definition) is 2. The minimum absolute atomic E-state index is 0.0971. The molecule has 0 aliphatic heterocycles. The lowest BCUT2D eigenvalue weighted by Gasteiger charge is -2.10. The monoisotopic (exact) mass is 270 g/mol. The van der Waals surface area contributed by atoms with E-state index in [1.165, 1.54) is 17.4 Å². The molecule has 0 saturated heterocycles. The number of thiophene rings is 1. The molecule has 0 aliphatic rings. The van der Waals surface area contributed by atoms with Gasteiger partial charge in [0.15, 0.2) is 0 Å². The molecule has 0 spiro atoms. The van der Waals surface area contributed by atoms with Crippen LogP contribution in [-0.2, 0) is 6.42 Å². The molecule has 2 rings (SSSR count). The molecule has 0 aliphatic carbocycles. The van der Waals surface area contributed by atoms with Gasteiger partial charge in [0.25, 0.3) is 0 Å². The molecule has 0 amide bonds. The molecule has 17 heavy (non-hydrogen) atoms. The first-order chi connectivity index (χ1) is 8.08. The van der Waals surface area contributed by atoms with Gasteiger partial charge in [0, 0.05) is 16.2 Å². The minimum Gasteiger partial charge on any atom is -0.387 e. The predicted octanol–water partition coefficient (Wildman–Crippen LogP) is 4.13. The van der Waals surface area contributed by atoms with Gasteiger partial charge in [-0.25, -0.2) is 4.39 Å². The van der Waals surface area contributed by atoms with E-state index >= 15 is 0 Å². The van der Waals surface area contributed by atoms with E-state index in [0.29, 0.717) is 12.0 Å². The van der Waals surface area contributed by atoms with Crippen LogP contribution in [-0.4, -0.2) is 5.11 Å². The predicted molar refractivity (Wildman–Crippen MR) is 69.1 cm³/mol. The van der Waals surface area contributed by atoms with Crippen molar-refractivity contribution >= 4 is 22.9 Å². The summed E-state index contributed by atoms with van der Waals surface area (Å²) < 4.78 is 13.2. The summed E-state index contributed by atoms with van der Waals surface area (Å²) in [4.78, 5) is 2.02. The lowest BCUT2D eigenvalue weighted by molar-refractivity contribution is 0.182. The Kier molecular flexibility index (Phi) is 3.82. The van der Waals surface area contributed by atoms with Crippen LogP contribution >= 0.6 is 22.9 Å². The van der Waals surface area contributed by atoms with Crippen LogP contribution in [0.25, 0.3) is 0 Å². The molecule has 0 radical (unpaired) electrons. The van der Waals surface area contributed by atoms with Gasteiger partial charge in [-0.2, -0.15) is 0 Å². The first kappa shape index (κ1) is 12.6. The third-order valence-corrected chi connectivity index (χ3v) is 4.06. The molecule has 1 atom stereocenters. The normalized spacial score (nSPS) is 12.7. The van der Waals surface area contributed by atoms with Crippen molar-refractivity contribution < 1.29 is 9.50 Å². The van der Waals surface area contributed by atoms with Gasteiger partial charge in [-0.3, -0.25) is 0 Å². The van der Waals surface area contributed by atoms with Crippen LogP contribution in [0, 0.1) is 12.7 Å². The van der Waals surface area contributed by atoms with E-state index in [1.54, 1.807) is 12.1 Å². The molecule has 0 bridgehead atoms. The molecule has 1 aromatic heterocycles.